The first kappa shape index (κ1) is 34.8. The van der Waals surface area contributed by atoms with Gasteiger partial charge in [0.15, 0.2) is 12.6 Å². The third kappa shape index (κ3) is 6.40. The Bertz CT molecular complexity index is 1970. The van der Waals surface area contributed by atoms with Crippen LogP contribution in [-0.4, -0.2) is 96.8 Å². The number of hydrogen-bond donors (Lipinski definition) is 0. The molecule has 276 valence electrons. The van der Waals surface area contributed by atoms with Crippen LogP contribution in [-0.2, 0) is 9.47 Å². The molecule has 1 aromatic heterocycles. The summed E-state index contributed by atoms with van der Waals surface area (Å²) in [6.45, 7) is 8.48. The number of hydrogen-bond acceptors (Lipinski definition) is 9. The van der Waals surface area contributed by atoms with E-state index in [1.165, 1.54) is 6.42 Å². The van der Waals surface area contributed by atoms with E-state index in [4.69, 9.17) is 28.9 Å². The van der Waals surface area contributed by atoms with Crippen LogP contribution >= 0.6 is 0 Å². The lowest BCUT2D eigenvalue weighted by molar-refractivity contribution is 0.0119. The van der Waals surface area contributed by atoms with Crippen molar-refractivity contribution >= 4 is 33.6 Å². The molecule has 2 unspecified atom stereocenters. The van der Waals surface area contributed by atoms with E-state index >= 15 is 4.39 Å². The highest BCUT2D eigenvalue weighted by atomic mass is 19.1. The van der Waals surface area contributed by atoms with E-state index in [0.717, 1.165) is 55.8 Å². The van der Waals surface area contributed by atoms with Gasteiger partial charge >= 0.3 is 12.1 Å². The van der Waals surface area contributed by atoms with Gasteiger partial charge in [0, 0.05) is 42.6 Å². The number of rotatable bonds is 8. The van der Waals surface area contributed by atoms with Gasteiger partial charge in [-0.15, -0.1) is 0 Å². The number of benzene rings is 3. The smallest absolute Gasteiger partial charge is 0.410 e. The molecule has 1 aliphatic carbocycles. The van der Waals surface area contributed by atoms with Crippen LogP contribution in [0.2, 0.25) is 0 Å². The monoisotopic (exact) mass is 711 g/mol. The fraction of sp³-hybridized carbons (Fsp3) is 0.537. The van der Waals surface area contributed by atoms with Crippen LogP contribution in [0.4, 0.5) is 15.0 Å². The second-order valence-electron chi connectivity index (χ2n) is 16.2. The molecule has 2 bridgehead atoms. The molecule has 0 radical (unpaired) electrons. The zero-order valence-electron chi connectivity index (χ0n) is 31.0. The second-order valence-corrected chi connectivity index (χ2v) is 16.2. The Hall–Kier alpha value is -4.22. The maximum absolute atomic E-state index is 17.2. The Kier molecular flexibility index (Phi) is 9.14. The molecule has 4 aromatic rings. The fourth-order valence-electron chi connectivity index (χ4n) is 9.43. The van der Waals surface area contributed by atoms with Crippen molar-refractivity contribution in [1.82, 2.24) is 19.8 Å². The molecule has 0 spiro atoms. The Morgan fingerprint density at radius 3 is 2.48 bits per heavy atom. The Morgan fingerprint density at radius 1 is 0.942 bits per heavy atom. The summed E-state index contributed by atoms with van der Waals surface area (Å²) in [5, 5.41) is 2.45. The summed E-state index contributed by atoms with van der Waals surface area (Å²) < 4.78 is 40.6. The number of halogens is 1. The number of likely N-dealkylation sites (tertiary alicyclic amines) is 1. The van der Waals surface area contributed by atoms with Gasteiger partial charge in [-0.2, -0.15) is 9.97 Å². The Morgan fingerprint density at radius 2 is 1.71 bits per heavy atom. The summed E-state index contributed by atoms with van der Waals surface area (Å²) in [7, 11) is 3.79. The average Bonchev–Trinajstić information content (AvgIpc) is 3.68. The maximum Gasteiger partial charge on any atom is 0.410 e. The highest BCUT2D eigenvalue weighted by Gasteiger charge is 2.48. The number of carbonyl (C=O) groups excluding carboxylic acids is 1. The summed E-state index contributed by atoms with van der Waals surface area (Å²) >= 11 is 0. The van der Waals surface area contributed by atoms with Gasteiger partial charge < -0.3 is 28.7 Å². The fourth-order valence-corrected chi connectivity index (χ4v) is 9.43. The van der Waals surface area contributed by atoms with Gasteiger partial charge in [0.05, 0.1) is 18.7 Å². The number of fused-ring (bicyclic) bond motifs is 5. The predicted molar refractivity (Wildman–Crippen MR) is 199 cm³/mol. The standard InChI is InChI=1S/C41H50FN5O5/c1-40(2,3)52-39(48)47-27-13-14-28(47)23-46(22-27)37-32-16-15-31(33-21-29(51-25-49-5)20-26-10-6-7-11-30(26)33)35(42)36(32)43-38(44-37)50-24-41-17-8-12-34(41)45(4)19-9-18-41/h6-7,10-11,15-16,20-21,27-28,34H,8-9,12-14,17-19,22-25H2,1-5H3/t27?,28?,34-,41-/m1/s1. The van der Waals surface area contributed by atoms with Crippen LogP contribution in [0.5, 0.6) is 11.8 Å². The molecule has 3 aromatic carbocycles. The van der Waals surface area contributed by atoms with Crippen LogP contribution in [0.15, 0.2) is 48.5 Å². The van der Waals surface area contributed by atoms with Gasteiger partial charge in [-0.1, -0.05) is 36.8 Å². The van der Waals surface area contributed by atoms with Crippen molar-refractivity contribution in [3.63, 3.8) is 0 Å². The number of ether oxygens (including phenoxy) is 4. The lowest BCUT2D eigenvalue weighted by atomic mass is 9.76. The molecule has 4 aliphatic rings. The second kappa shape index (κ2) is 13.6. The molecule has 10 nitrogen and oxygen atoms in total. The van der Waals surface area contributed by atoms with Crippen LogP contribution in [0.3, 0.4) is 0 Å². The summed E-state index contributed by atoms with van der Waals surface area (Å²) in [5.41, 5.74) is 0.788. The van der Waals surface area contributed by atoms with E-state index in [-0.39, 0.29) is 41.9 Å². The van der Waals surface area contributed by atoms with Crippen molar-refractivity contribution in [3.8, 4) is 22.9 Å². The van der Waals surface area contributed by atoms with Crippen LogP contribution in [0.1, 0.15) is 65.7 Å². The Labute approximate surface area is 305 Å². The van der Waals surface area contributed by atoms with Crippen molar-refractivity contribution in [2.75, 3.05) is 52.1 Å². The minimum atomic E-state index is -0.580. The van der Waals surface area contributed by atoms with Crippen LogP contribution < -0.4 is 14.4 Å². The third-order valence-electron chi connectivity index (χ3n) is 11.7. The number of anilines is 1. The average molecular weight is 712 g/mol. The van der Waals surface area contributed by atoms with E-state index in [2.05, 4.69) is 16.8 Å². The van der Waals surface area contributed by atoms with Crippen molar-refractivity contribution < 1.29 is 28.1 Å². The van der Waals surface area contributed by atoms with E-state index in [0.29, 0.717) is 53.8 Å². The topological polar surface area (TPSA) is 89.5 Å². The van der Waals surface area contributed by atoms with Gasteiger partial charge in [0.2, 0.25) is 0 Å². The molecule has 4 heterocycles. The number of carbonyl (C=O) groups is 1. The Balaban J connectivity index is 1.20. The molecule has 4 atom stereocenters. The molecule has 1 amide bonds. The molecule has 8 rings (SSSR count). The van der Waals surface area contributed by atoms with E-state index < -0.39 is 11.4 Å². The normalized spacial score (nSPS) is 24.8. The van der Waals surface area contributed by atoms with E-state index in [1.54, 1.807) is 7.11 Å². The third-order valence-corrected chi connectivity index (χ3v) is 11.7. The molecule has 0 N–H and O–H groups in total. The molecule has 4 fully saturated rings. The number of amides is 1. The molecule has 52 heavy (non-hydrogen) atoms. The zero-order chi connectivity index (χ0) is 36.2. The quantitative estimate of drug-likeness (QED) is 0.170. The van der Waals surface area contributed by atoms with Gasteiger partial charge in [0.1, 0.15) is 22.7 Å². The molecule has 3 aliphatic heterocycles. The first-order valence-corrected chi connectivity index (χ1v) is 18.8. The number of piperidine rings is 1. The highest BCUT2D eigenvalue weighted by molar-refractivity contribution is 6.01. The molecular weight excluding hydrogens is 661 g/mol. The molecule has 1 saturated carbocycles. The first-order chi connectivity index (χ1) is 25.0. The molecular formula is C41H50FN5O5. The largest absolute Gasteiger partial charge is 0.468 e. The zero-order valence-corrected chi connectivity index (χ0v) is 31.0. The van der Waals surface area contributed by atoms with Crippen LogP contribution in [0.25, 0.3) is 32.8 Å². The van der Waals surface area contributed by atoms with Crippen molar-refractivity contribution in [2.24, 2.45) is 5.41 Å². The van der Waals surface area contributed by atoms with E-state index in [1.807, 2.05) is 74.2 Å². The first-order valence-electron chi connectivity index (χ1n) is 18.8. The minimum absolute atomic E-state index is 0.0333. The summed E-state index contributed by atoms with van der Waals surface area (Å²) in [5.74, 6) is 0.780. The lowest BCUT2D eigenvalue weighted by Crippen LogP contribution is -2.57. The lowest BCUT2D eigenvalue weighted by Gasteiger charge is -2.44. The van der Waals surface area contributed by atoms with Crippen molar-refractivity contribution in [2.45, 2.75) is 89.4 Å². The van der Waals surface area contributed by atoms with Gasteiger partial charge in [-0.3, -0.25) is 4.90 Å². The highest BCUT2D eigenvalue weighted by Crippen LogP contribution is 2.48. The van der Waals surface area contributed by atoms with Gasteiger partial charge in [-0.25, -0.2) is 9.18 Å². The number of nitrogens with zero attached hydrogens (tertiary/aromatic N) is 5. The number of methoxy groups -OCH3 is 1. The minimum Gasteiger partial charge on any atom is -0.468 e. The number of aromatic nitrogens is 2. The number of piperazine rings is 1. The van der Waals surface area contributed by atoms with Crippen LogP contribution in [0, 0.1) is 11.2 Å². The molecule has 11 heteroatoms. The van der Waals surface area contributed by atoms with Gasteiger partial charge in [0.25, 0.3) is 0 Å². The van der Waals surface area contributed by atoms with E-state index in [9.17, 15) is 4.79 Å². The maximum atomic E-state index is 17.2. The predicted octanol–water partition coefficient (Wildman–Crippen LogP) is 7.80. The van der Waals surface area contributed by atoms with Gasteiger partial charge in [-0.05, 0) is 107 Å². The summed E-state index contributed by atoms with van der Waals surface area (Å²) in [4.78, 5) is 29.8. The van der Waals surface area contributed by atoms with Crippen molar-refractivity contribution in [3.05, 3.63) is 54.3 Å². The summed E-state index contributed by atoms with van der Waals surface area (Å²) in [6.07, 6.45) is 7.13. The van der Waals surface area contributed by atoms with Crippen molar-refractivity contribution in [1.29, 1.82) is 0 Å². The summed E-state index contributed by atoms with van der Waals surface area (Å²) in [6, 6.07) is 16.0. The SMILES string of the molecule is COCOc1cc(-c2ccc3c(N4CC5CCC(C4)N5C(=O)OC(C)(C)C)nc(OC[C@]45CCC[C@H]4N(C)CCC5)nc3c2F)c2ccccc2c1. The molecule has 3 saturated heterocycles.